The van der Waals surface area contributed by atoms with Gasteiger partial charge in [0.05, 0.1) is 33.4 Å². The number of anilines is 1. The Morgan fingerprint density at radius 2 is 1.69 bits per heavy atom. The highest BCUT2D eigenvalue weighted by molar-refractivity contribution is 6.30. The number of rotatable bonds is 9. The van der Waals surface area contributed by atoms with Crippen LogP contribution in [0.2, 0.25) is 5.02 Å². The molecular formula is C21H26ClN3O4. The number of likely N-dealkylation sites (N-methyl/N-ethyl adjacent to an activating group) is 1. The van der Waals surface area contributed by atoms with E-state index in [1.54, 1.807) is 62.6 Å². The van der Waals surface area contributed by atoms with Crippen LogP contribution in [-0.4, -0.2) is 51.1 Å². The smallest absolute Gasteiger partial charge is 0.238 e. The van der Waals surface area contributed by atoms with Gasteiger partial charge in [-0.2, -0.15) is 0 Å². The number of halogens is 1. The first-order valence-electron chi connectivity index (χ1n) is 9.07. The molecule has 2 N–H and O–H groups in total. The van der Waals surface area contributed by atoms with Gasteiger partial charge in [-0.1, -0.05) is 11.6 Å². The van der Waals surface area contributed by atoms with Crippen LogP contribution in [0, 0.1) is 0 Å². The Labute approximate surface area is 175 Å². The molecule has 0 spiro atoms. The molecule has 0 saturated heterocycles. The Hall–Kier alpha value is -2.77. The lowest BCUT2D eigenvalue weighted by Crippen LogP contribution is -2.39. The normalized spacial score (nSPS) is 11.7. The summed E-state index contributed by atoms with van der Waals surface area (Å²) >= 11 is 5.83. The fraction of sp³-hybridized carbons (Fsp3) is 0.333. The molecule has 156 valence electrons. The standard InChI is InChI=1S/C21H26ClN3O4/c1-14(18-11-17(28-3)9-10-19(18)29-4)23-20(26)12-25(2)13-21(27)24-16-7-5-15(22)6-8-16/h5-11,14H,12-13H2,1-4H3,(H,23,26)(H,24,27)/t14-/m1/s1. The van der Waals surface area contributed by atoms with E-state index in [0.717, 1.165) is 5.56 Å². The van der Waals surface area contributed by atoms with Gasteiger partial charge in [0.15, 0.2) is 0 Å². The third-order valence-electron chi connectivity index (χ3n) is 4.24. The van der Waals surface area contributed by atoms with Crippen molar-refractivity contribution in [2.45, 2.75) is 13.0 Å². The van der Waals surface area contributed by atoms with Gasteiger partial charge >= 0.3 is 0 Å². The van der Waals surface area contributed by atoms with E-state index in [1.165, 1.54) is 0 Å². The van der Waals surface area contributed by atoms with Crippen LogP contribution in [0.15, 0.2) is 42.5 Å². The molecule has 7 nitrogen and oxygen atoms in total. The van der Waals surface area contributed by atoms with Crippen molar-refractivity contribution in [3.05, 3.63) is 53.1 Å². The zero-order valence-electron chi connectivity index (χ0n) is 17.0. The third kappa shape index (κ3) is 6.96. The lowest BCUT2D eigenvalue weighted by molar-refractivity contribution is -0.123. The van der Waals surface area contributed by atoms with Crippen LogP contribution in [0.4, 0.5) is 5.69 Å². The second-order valence-corrected chi connectivity index (χ2v) is 7.06. The molecule has 0 aliphatic heterocycles. The van der Waals surface area contributed by atoms with E-state index >= 15 is 0 Å². The molecule has 1 atom stereocenters. The van der Waals surface area contributed by atoms with Crippen molar-refractivity contribution >= 4 is 29.1 Å². The van der Waals surface area contributed by atoms with Crippen LogP contribution < -0.4 is 20.1 Å². The van der Waals surface area contributed by atoms with Gasteiger partial charge in [-0.25, -0.2) is 0 Å². The highest BCUT2D eigenvalue weighted by Crippen LogP contribution is 2.29. The van der Waals surface area contributed by atoms with Crippen molar-refractivity contribution in [2.24, 2.45) is 0 Å². The first-order valence-corrected chi connectivity index (χ1v) is 9.45. The van der Waals surface area contributed by atoms with Crippen molar-refractivity contribution < 1.29 is 19.1 Å². The van der Waals surface area contributed by atoms with E-state index in [-0.39, 0.29) is 30.9 Å². The summed E-state index contributed by atoms with van der Waals surface area (Å²) in [6.45, 7) is 2.01. The molecule has 29 heavy (non-hydrogen) atoms. The molecule has 0 heterocycles. The van der Waals surface area contributed by atoms with E-state index in [4.69, 9.17) is 21.1 Å². The first kappa shape index (κ1) is 22.5. The molecule has 0 fully saturated rings. The van der Waals surface area contributed by atoms with Crippen molar-refractivity contribution in [1.29, 1.82) is 0 Å². The Kier molecular flexibility index (Phi) is 8.30. The predicted molar refractivity (Wildman–Crippen MR) is 114 cm³/mol. The number of methoxy groups -OCH3 is 2. The van der Waals surface area contributed by atoms with Crippen LogP contribution in [-0.2, 0) is 9.59 Å². The number of carbonyl (C=O) groups excluding carboxylic acids is 2. The molecule has 0 radical (unpaired) electrons. The minimum absolute atomic E-state index is 0.0741. The van der Waals surface area contributed by atoms with E-state index < -0.39 is 0 Å². The van der Waals surface area contributed by atoms with Crippen molar-refractivity contribution in [1.82, 2.24) is 10.2 Å². The lowest BCUT2D eigenvalue weighted by atomic mass is 10.1. The maximum atomic E-state index is 12.4. The Balaban J connectivity index is 1.87. The van der Waals surface area contributed by atoms with Gasteiger partial charge in [0, 0.05) is 16.3 Å². The van der Waals surface area contributed by atoms with Crippen LogP contribution in [0.1, 0.15) is 18.5 Å². The Morgan fingerprint density at radius 3 is 2.31 bits per heavy atom. The fourth-order valence-corrected chi connectivity index (χ4v) is 2.95. The molecule has 0 aliphatic carbocycles. The topological polar surface area (TPSA) is 79.9 Å². The van der Waals surface area contributed by atoms with Crippen molar-refractivity contribution in [2.75, 3.05) is 39.7 Å². The van der Waals surface area contributed by atoms with Gasteiger partial charge < -0.3 is 20.1 Å². The number of nitrogens with zero attached hydrogens (tertiary/aromatic N) is 1. The highest BCUT2D eigenvalue weighted by Gasteiger charge is 2.17. The third-order valence-corrected chi connectivity index (χ3v) is 4.49. The molecule has 0 saturated carbocycles. The zero-order chi connectivity index (χ0) is 21.4. The van der Waals surface area contributed by atoms with Gasteiger partial charge in [-0.05, 0) is 56.4 Å². The number of hydrogen-bond donors (Lipinski definition) is 2. The van der Waals surface area contributed by atoms with E-state index in [9.17, 15) is 9.59 Å². The summed E-state index contributed by atoms with van der Waals surface area (Å²) in [5.41, 5.74) is 1.46. The van der Waals surface area contributed by atoms with Gasteiger partial charge in [-0.15, -0.1) is 0 Å². The number of carbonyl (C=O) groups is 2. The Morgan fingerprint density at radius 1 is 1.03 bits per heavy atom. The first-order chi connectivity index (χ1) is 13.8. The lowest BCUT2D eigenvalue weighted by Gasteiger charge is -2.20. The molecule has 2 aromatic rings. The van der Waals surface area contributed by atoms with Crippen molar-refractivity contribution in [3.63, 3.8) is 0 Å². The molecule has 8 heteroatoms. The molecule has 2 rings (SSSR count). The zero-order valence-corrected chi connectivity index (χ0v) is 17.7. The van der Waals surface area contributed by atoms with Gasteiger partial charge in [-0.3, -0.25) is 14.5 Å². The quantitative estimate of drug-likeness (QED) is 0.652. The summed E-state index contributed by atoms with van der Waals surface area (Å²) in [6, 6.07) is 12.0. The molecule has 2 amide bonds. The second-order valence-electron chi connectivity index (χ2n) is 6.62. The van der Waals surface area contributed by atoms with Crippen LogP contribution in [0.25, 0.3) is 0 Å². The van der Waals surface area contributed by atoms with E-state index in [0.29, 0.717) is 22.2 Å². The summed E-state index contributed by atoms with van der Waals surface area (Å²) < 4.78 is 10.6. The molecule has 0 unspecified atom stereocenters. The SMILES string of the molecule is COc1ccc(OC)c([C@@H](C)NC(=O)CN(C)CC(=O)Nc2ccc(Cl)cc2)c1. The monoisotopic (exact) mass is 419 g/mol. The molecule has 2 aromatic carbocycles. The van der Waals surface area contributed by atoms with Crippen molar-refractivity contribution in [3.8, 4) is 11.5 Å². The summed E-state index contributed by atoms with van der Waals surface area (Å²) in [7, 11) is 4.86. The van der Waals surface area contributed by atoms with Gasteiger partial charge in [0.1, 0.15) is 11.5 Å². The molecule has 0 bridgehead atoms. The average Bonchev–Trinajstić information content (AvgIpc) is 2.68. The van der Waals surface area contributed by atoms with E-state index in [2.05, 4.69) is 10.6 Å². The van der Waals surface area contributed by atoms with Crippen LogP contribution >= 0.6 is 11.6 Å². The van der Waals surface area contributed by atoms with E-state index in [1.807, 2.05) is 13.0 Å². The number of nitrogens with one attached hydrogen (secondary N) is 2. The molecule has 0 aliphatic rings. The van der Waals surface area contributed by atoms with Gasteiger partial charge in [0.2, 0.25) is 11.8 Å². The summed E-state index contributed by atoms with van der Waals surface area (Å²) in [5, 5.41) is 6.28. The average molecular weight is 420 g/mol. The maximum absolute atomic E-state index is 12.4. The van der Waals surface area contributed by atoms with Gasteiger partial charge in [0.25, 0.3) is 0 Å². The van der Waals surface area contributed by atoms with Crippen LogP contribution in [0.5, 0.6) is 11.5 Å². The minimum atomic E-state index is -0.288. The predicted octanol–water partition coefficient (Wildman–Crippen LogP) is 3.10. The second kappa shape index (κ2) is 10.7. The summed E-state index contributed by atoms with van der Waals surface area (Å²) in [5.74, 6) is 0.918. The van der Waals surface area contributed by atoms with Crippen LogP contribution in [0.3, 0.4) is 0 Å². The summed E-state index contributed by atoms with van der Waals surface area (Å²) in [4.78, 5) is 26.2. The fourth-order valence-electron chi connectivity index (χ4n) is 2.82. The number of amides is 2. The summed E-state index contributed by atoms with van der Waals surface area (Å²) in [6.07, 6.45) is 0. The molecule has 0 aromatic heterocycles. The Bertz CT molecular complexity index is 842. The maximum Gasteiger partial charge on any atom is 0.238 e. The minimum Gasteiger partial charge on any atom is -0.497 e. The highest BCUT2D eigenvalue weighted by atomic mass is 35.5. The largest absolute Gasteiger partial charge is 0.497 e. The number of benzene rings is 2. The molecular weight excluding hydrogens is 394 g/mol. The number of hydrogen-bond acceptors (Lipinski definition) is 5. The number of ether oxygens (including phenoxy) is 2.